The average Bonchev–Trinajstić information content (AvgIpc) is 3.30. The first kappa shape index (κ1) is 20.2. The number of aromatic hydroxyl groups is 1. The lowest BCUT2D eigenvalue weighted by Crippen LogP contribution is -2.46. The van der Waals surface area contributed by atoms with Gasteiger partial charge in [0.1, 0.15) is 17.2 Å². The van der Waals surface area contributed by atoms with E-state index in [4.69, 9.17) is 0 Å². The molecule has 3 aliphatic rings. The highest BCUT2D eigenvalue weighted by molar-refractivity contribution is 9.10. The van der Waals surface area contributed by atoms with E-state index in [-0.39, 0.29) is 23.7 Å². The molecule has 1 aromatic heterocycles. The molecule has 1 spiro atoms. The highest BCUT2D eigenvalue weighted by Gasteiger charge is 2.52. The van der Waals surface area contributed by atoms with E-state index in [9.17, 15) is 23.9 Å². The van der Waals surface area contributed by atoms with E-state index in [0.29, 0.717) is 41.4 Å². The first-order chi connectivity index (χ1) is 14.8. The van der Waals surface area contributed by atoms with Crippen LogP contribution in [0.3, 0.4) is 0 Å². The molecule has 2 aliphatic heterocycles. The van der Waals surface area contributed by atoms with Crippen molar-refractivity contribution in [3.8, 4) is 5.75 Å². The molecule has 1 aliphatic carbocycles. The standard InChI is InChI=1S/C22H21BrFN3O4/c1-25-20(30)17-14-6-9-26(11-12-4-5-13(24)10-15(12)23)19(29)16(14)18(28)21(31)27(17)22(25)7-2-3-8-22/h4-5,10,28H,2-3,6-9,11H2,1H3. The second kappa shape index (κ2) is 6.91. The Balaban J connectivity index is 1.61. The third-order valence-corrected chi connectivity index (χ3v) is 7.65. The van der Waals surface area contributed by atoms with Crippen LogP contribution in [0.2, 0.25) is 0 Å². The van der Waals surface area contributed by atoms with Crippen LogP contribution in [0.4, 0.5) is 4.39 Å². The van der Waals surface area contributed by atoms with Crippen LogP contribution in [0.25, 0.3) is 0 Å². The molecule has 5 rings (SSSR count). The summed E-state index contributed by atoms with van der Waals surface area (Å²) in [6.07, 6.45) is 3.43. The first-order valence-corrected chi connectivity index (χ1v) is 11.1. The predicted octanol–water partition coefficient (Wildman–Crippen LogP) is 2.97. The van der Waals surface area contributed by atoms with Gasteiger partial charge in [-0.15, -0.1) is 0 Å². The molecule has 0 radical (unpaired) electrons. The van der Waals surface area contributed by atoms with Crippen LogP contribution < -0.4 is 5.56 Å². The summed E-state index contributed by atoms with van der Waals surface area (Å²) in [6.45, 7) is 0.513. The third-order valence-electron chi connectivity index (χ3n) is 6.91. The second-order valence-electron chi connectivity index (χ2n) is 8.46. The fraction of sp³-hybridized carbons (Fsp3) is 0.409. The minimum atomic E-state index is -0.755. The second-order valence-corrected chi connectivity index (χ2v) is 9.31. The fourth-order valence-electron chi connectivity index (χ4n) is 5.32. The Morgan fingerprint density at radius 1 is 1.16 bits per heavy atom. The number of carbonyl (C=O) groups is 2. The summed E-state index contributed by atoms with van der Waals surface area (Å²) in [5.41, 5.74) is -0.148. The number of carbonyl (C=O) groups excluding carboxylic acids is 2. The van der Waals surface area contributed by atoms with Crippen molar-refractivity contribution in [2.24, 2.45) is 0 Å². The van der Waals surface area contributed by atoms with E-state index in [2.05, 4.69) is 15.9 Å². The third kappa shape index (κ3) is 2.71. The van der Waals surface area contributed by atoms with Gasteiger partial charge in [-0.3, -0.25) is 19.0 Å². The molecular weight excluding hydrogens is 469 g/mol. The lowest BCUT2D eigenvalue weighted by atomic mass is 9.95. The number of fused-ring (bicyclic) bond motifs is 4. The molecule has 1 N–H and O–H groups in total. The Labute approximate surface area is 186 Å². The molecule has 3 heterocycles. The van der Waals surface area contributed by atoms with Crippen molar-refractivity contribution in [3.05, 3.63) is 61.2 Å². The van der Waals surface area contributed by atoms with Crippen LogP contribution in [0.5, 0.6) is 5.75 Å². The van der Waals surface area contributed by atoms with Gasteiger partial charge in [-0.05, 0) is 49.8 Å². The van der Waals surface area contributed by atoms with Crippen molar-refractivity contribution in [3.63, 3.8) is 0 Å². The maximum Gasteiger partial charge on any atom is 0.296 e. The van der Waals surface area contributed by atoms with Gasteiger partial charge in [-0.25, -0.2) is 4.39 Å². The van der Waals surface area contributed by atoms with Crippen LogP contribution in [-0.2, 0) is 18.6 Å². The number of pyridine rings is 1. The number of rotatable bonds is 2. The summed E-state index contributed by atoms with van der Waals surface area (Å²) in [7, 11) is 1.69. The van der Waals surface area contributed by atoms with E-state index in [1.54, 1.807) is 18.0 Å². The van der Waals surface area contributed by atoms with E-state index >= 15 is 0 Å². The molecule has 0 saturated heterocycles. The zero-order valence-electron chi connectivity index (χ0n) is 17.0. The van der Waals surface area contributed by atoms with Gasteiger partial charge in [0.2, 0.25) is 0 Å². The van der Waals surface area contributed by atoms with Gasteiger partial charge in [0, 0.05) is 30.2 Å². The van der Waals surface area contributed by atoms with Crippen molar-refractivity contribution >= 4 is 27.7 Å². The Hall–Kier alpha value is -2.68. The molecule has 0 atom stereocenters. The van der Waals surface area contributed by atoms with Crippen LogP contribution >= 0.6 is 15.9 Å². The van der Waals surface area contributed by atoms with E-state index in [1.807, 2.05) is 0 Å². The molecule has 2 aromatic rings. The van der Waals surface area contributed by atoms with Gasteiger partial charge in [0.05, 0.1) is 5.56 Å². The van der Waals surface area contributed by atoms with E-state index in [0.717, 1.165) is 12.8 Å². The molecular formula is C22H21BrFN3O4. The van der Waals surface area contributed by atoms with Gasteiger partial charge in [0.15, 0.2) is 5.75 Å². The molecule has 1 fully saturated rings. The Morgan fingerprint density at radius 2 is 1.87 bits per heavy atom. The normalized spacial score (nSPS) is 19.3. The number of nitrogens with zero attached hydrogens (tertiary/aromatic N) is 3. The maximum absolute atomic E-state index is 13.4. The van der Waals surface area contributed by atoms with Gasteiger partial charge < -0.3 is 14.9 Å². The topological polar surface area (TPSA) is 82.9 Å². The van der Waals surface area contributed by atoms with Crippen LogP contribution in [0, 0.1) is 5.82 Å². The van der Waals surface area contributed by atoms with Gasteiger partial charge >= 0.3 is 0 Å². The molecule has 1 aromatic carbocycles. The van der Waals surface area contributed by atoms with Gasteiger partial charge in [-0.2, -0.15) is 0 Å². The van der Waals surface area contributed by atoms with Crippen LogP contribution in [0.15, 0.2) is 27.5 Å². The zero-order chi connectivity index (χ0) is 22.1. The number of hydrogen-bond acceptors (Lipinski definition) is 4. The van der Waals surface area contributed by atoms with Crippen LogP contribution in [-0.4, -0.2) is 44.9 Å². The molecule has 31 heavy (non-hydrogen) atoms. The summed E-state index contributed by atoms with van der Waals surface area (Å²) >= 11 is 3.31. The van der Waals surface area contributed by atoms with Crippen molar-refractivity contribution in [2.75, 3.05) is 13.6 Å². The zero-order valence-corrected chi connectivity index (χ0v) is 18.5. The predicted molar refractivity (Wildman–Crippen MR) is 113 cm³/mol. The molecule has 0 unspecified atom stereocenters. The summed E-state index contributed by atoms with van der Waals surface area (Å²) in [5, 5.41) is 10.8. The first-order valence-electron chi connectivity index (χ1n) is 10.3. The summed E-state index contributed by atoms with van der Waals surface area (Å²) in [6, 6.07) is 4.22. The average molecular weight is 490 g/mol. The van der Waals surface area contributed by atoms with E-state index < -0.39 is 28.7 Å². The Morgan fingerprint density at radius 3 is 2.55 bits per heavy atom. The molecule has 2 amide bonds. The maximum atomic E-state index is 13.4. The fourth-order valence-corrected chi connectivity index (χ4v) is 5.79. The van der Waals surface area contributed by atoms with Crippen molar-refractivity contribution < 1.29 is 19.1 Å². The Kier molecular flexibility index (Phi) is 4.51. The number of hydrogen-bond donors (Lipinski definition) is 1. The number of benzene rings is 1. The SMILES string of the molecule is CN1C(=O)c2c3c(c(O)c(=O)n2C12CCCC2)C(=O)N(Cc1ccc(F)cc1Br)CC3. The molecule has 1 saturated carbocycles. The number of amides is 2. The highest BCUT2D eigenvalue weighted by Crippen LogP contribution is 2.45. The summed E-state index contributed by atoms with van der Waals surface area (Å²) in [4.78, 5) is 42.7. The highest BCUT2D eigenvalue weighted by atomic mass is 79.9. The molecule has 0 bridgehead atoms. The monoisotopic (exact) mass is 489 g/mol. The van der Waals surface area contributed by atoms with Crippen molar-refractivity contribution in [2.45, 2.75) is 44.3 Å². The van der Waals surface area contributed by atoms with E-state index in [1.165, 1.54) is 21.6 Å². The molecule has 162 valence electrons. The molecule has 7 nitrogen and oxygen atoms in total. The minimum Gasteiger partial charge on any atom is -0.502 e. The quantitative estimate of drug-likeness (QED) is 0.702. The van der Waals surface area contributed by atoms with Gasteiger partial charge in [-0.1, -0.05) is 22.0 Å². The lowest BCUT2D eigenvalue weighted by molar-refractivity contribution is 0.0502. The van der Waals surface area contributed by atoms with Crippen molar-refractivity contribution in [1.29, 1.82) is 0 Å². The smallest absolute Gasteiger partial charge is 0.296 e. The van der Waals surface area contributed by atoms with Crippen molar-refractivity contribution in [1.82, 2.24) is 14.4 Å². The lowest BCUT2D eigenvalue weighted by Gasteiger charge is -2.34. The minimum absolute atomic E-state index is 0.0856. The summed E-state index contributed by atoms with van der Waals surface area (Å²) < 4.78 is 15.4. The van der Waals surface area contributed by atoms with Crippen LogP contribution in [0.1, 0.15) is 57.7 Å². The van der Waals surface area contributed by atoms with Gasteiger partial charge in [0.25, 0.3) is 17.4 Å². The molecule has 9 heteroatoms. The largest absolute Gasteiger partial charge is 0.502 e. The number of halogens is 2. The Bertz CT molecular complexity index is 1200. The summed E-state index contributed by atoms with van der Waals surface area (Å²) in [5.74, 6) is -1.77. The number of aromatic nitrogens is 1.